The molecular weight excluding hydrogens is 732 g/mol. The van der Waals surface area contributed by atoms with Crippen molar-refractivity contribution >= 4 is 29.6 Å². The molecule has 0 spiro atoms. The number of halogens is 7. The van der Waals surface area contributed by atoms with Crippen LogP contribution in [0.15, 0.2) is 66.2 Å². The summed E-state index contributed by atoms with van der Waals surface area (Å²) in [6.07, 6.45) is -1.40. The Hall–Kier alpha value is -5.13. The molecule has 282 valence electrons. The van der Waals surface area contributed by atoms with Gasteiger partial charge in [0.25, 0.3) is 18.3 Å². The Morgan fingerprint density at radius 3 is 2.36 bits per heavy atom. The maximum atomic E-state index is 14.9. The normalized spacial score (nSPS) is 21.6. The first-order valence-corrected chi connectivity index (χ1v) is 16.5. The van der Waals surface area contributed by atoms with Crippen molar-refractivity contribution in [1.29, 1.82) is 0 Å². The Morgan fingerprint density at radius 2 is 1.79 bits per heavy atom. The third-order valence-corrected chi connectivity index (χ3v) is 9.84. The van der Waals surface area contributed by atoms with Gasteiger partial charge >= 0.3 is 12.6 Å². The van der Waals surface area contributed by atoms with Gasteiger partial charge in [0.1, 0.15) is 12.9 Å². The summed E-state index contributed by atoms with van der Waals surface area (Å²) in [5, 5.41) is 10.2. The van der Waals surface area contributed by atoms with E-state index >= 15 is 0 Å². The number of aromatic nitrogens is 5. The van der Waals surface area contributed by atoms with Gasteiger partial charge in [0, 0.05) is 36.2 Å². The monoisotopic (exact) mass is 765 g/mol. The minimum Gasteiger partial charge on any atom is -0.447 e. The second kappa shape index (κ2) is 13.4. The molecule has 0 saturated heterocycles. The summed E-state index contributed by atoms with van der Waals surface area (Å²) in [6.45, 7) is -0.0165. The molecule has 53 heavy (non-hydrogen) atoms. The summed E-state index contributed by atoms with van der Waals surface area (Å²) in [5.41, 5.74) is 2.38. The molecule has 2 amide bonds. The third kappa shape index (κ3) is 7.03. The highest BCUT2D eigenvalue weighted by Crippen LogP contribution is 2.66. The molecule has 0 radical (unpaired) electrons. The van der Waals surface area contributed by atoms with Crippen LogP contribution in [0.3, 0.4) is 0 Å². The van der Waals surface area contributed by atoms with E-state index in [1.807, 2.05) is 0 Å². The molecule has 1 aliphatic carbocycles. The Balaban J connectivity index is 1.41. The van der Waals surface area contributed by atoms with Gasteiger partial charge in [-0.3, -0.25) is 14.4 Å². The number of nitrogens with two attached hydrogens (primary N) is 1. The molecule has 3 atom stereocenters. The predicted octanol–water partition coefficient (Wildman–Crippen LogP) is 6.69. The number of amides is 2. The van der Waals surface area contributed by atoms with Crippen molar-refractivity contribution in [3.05, 3.63) is 77.3 Å². The number of nitrogens with one attached hydrogen (secondary N) is 1. The van der Waals surface area contributed by atoms with E-state index < -0.39 is 78.8 Å². The fourth-order valence-corrected chi connectivity index (χ4v) is 6.46. The molecule has 12 nitrogen and oxygen atoms in total. The zero-order chi connectivity index (χ0) is 38.7. The highest BCUT2D eigenvalue weighted by molar-refractivity contribution is 6.33. The lowest BCUT2D eigenvalue weighted by Gasteiger charge is -2.33. The lowest BCUT2D eigenvalue weighted by molar-refractivity contribution is -0.135. The first-order valence-electron chi connectivity index (χ1n) is 16.2. The van der Waals surface area contributed by atoms with Gasteiger partial charge in [-0.2, -0.15) is 19.0 Å². The predicted molar refractivity (Wildman–Crippen MR) is 180 cm³/mol. The smallest absolute Gasteiger partial charge is 0.407 e. The lowest BCUT2D eigenvalue weighted by atomic mass is 9.79. The molecule has 3 heterocycles. The van der Waals surface area contributed by atoms with Gasteiger partial charge in [0.05, 0.1) is 22.8 Å². The van der Waals surface area contributed by atoms with Crippen LogP contribution in [0, 0.1) is 5.41 Å². The van der Waals surface area contributed by atoms with Crippen LogP contribution in [0.1, 0.15) is 57.3 Å². The largest absolute Gasteiger partial charge is 0.447 e. The SMILES string of the molecule is Cn1cnc(-c2cc([C@@H](COC(=O)NC(C)(C)C(F)F)N3C(=O)[C@@](C[C@]4(C)CC4(F)F)(c4ccc(-c5cnn(C(F)F)c5)cc4)N=C3N)ccc2Cl)n1. The molecule has 1 saturated carbocycles. The molecule has 3 N–H and O–H groups in total. The molecule has 1 fully saturated rings. The summed E-state index contributed by atoms with van der Waals surface area (Å²) in [4.78, 5) is 37.5. The number of nitrogens with zero attached hydrogens (tertiary/aromatic N) is 7. The number of hydrogen-bond donors (Lipinski definition) is 2. The van der Waals surface area contributed by atoms with E-state index in [9.17, 15) is 35.9 Å². The van der Waals surface area contributed by atoms with Crippen LogP contribution in [0.5, 0.6) is 0 Å². The standard InChI is InChI=1S/C34H34ClF6N9O3/c1-31(2,26(36)37)46-30(52)53-14-24(19-7-10-23(35)22(11-19)25-43-17-48(4)47-25)50-27(51)33(45-29(50)42,15-32(3)16-34(32,40)41)21-8-5-18(6-9-21)20-12-44-49(13-20)28(38)39/h5-13,17,24,26,28H,14-16H2,1-4H3,(H2,42,45)(H,46,52)/t24-,32-,33-/m1/s1. The third-order valence-electron chi connectivity index (χ3n) is 9.51. The molecule has 2 aromatic carbocycles. The summed E-state index contributed by atoms with van der Waals surface area (Å²) in [5.74, 6) is -4.16. The number of benzene rings is 2. The Morgan fingerprint density at radius 1 is 1.11 bits per heavy atom. The van der Waals surface area contributed by atoms with Crippen molar-refractivity contribution in [2.24, 2.45) is 23.2 Å². The molecule has 6 rings (SSSR count). The summed E-state index contributed by atoms with van der Waals surface area (Å²) in [6, 6.07) is 9.19. The topological polar surface area (TPSA) is 146 Å². The van der Waals surface area contributed by atoms with E-state index in [2.05, 4.69) is 25.5 Å². The first kappa shape index (κ1) is 37.6. The van der Waals surface area contributed by atoms with E-state index in [1.165, 1.54) is 66.6 Å². The van der Waals surface area contributed by atoms with E-state index in [0.717, 1.165) is 24.9 Å². The average molecular weight is 766 g/mol. The van der Waals surface area contributed by atoms with Gasteiger partial charge in [-0.15, -0.1) is 0 Å². The van der Waals surface area contributed by atoms with E-state index in [1.54, 1.807) is 7.05 Å². The molecule has 4 aromatic rings. The second-order valence-corrected chi connectivity index (χ2v) is 14.3. The molecule has 0 bridgehead atoms. The van der Waals surface area contributed by atoms with Gasteiger partial charge in [-0.1, -0.05) is 48.9 Å². The van der Waals surface area contributed by atoms with Crippen LogP contribution < -0.4 is 11.1 Å². The van der Waals surface area contributed by atoms with Gasteiger partial charge in [-0.05, 0) is 49.1 Å². The van der Waals surface area contributed by atoms with Gasteiger partial charge in [0.2, 0.25) is 0 Å². The number of hydrogen-bond acceptors (Lipinski definition) is 8. The van der Waals surface area contributed by atoms with Crippen molar-refractivity contribution in [3.8, 4) is 22.5 Å². The number of rotatable bonds is 12. The van der Waals surface area contributed by atoms with Crippen molar-refractivity contribution < 1.29 is 40.7 Å². The van der Waals surface area contributed by atoms with Crippen LogP contribution in [0.25, 0.3) is 22.5 Å². The van der Waals surface area contributed by atoms with Gasteiger partial charge in [0.15, 0.2) is 17.3 Å². The van der Waals surface area contributed by atoms with Crippen LogP contribution in [0.2, 0.25) is 5.02 Å². The van der Waals surface area contributed by atoms with Crippen molar-refractivity contribution in [3.63, 3.8) is 0 Å². The number of aryl methyl sites for hydroxylation is 1. The summed E-state index contributed by atoms with van der Waals surface area (Å²) in [7, 11) is 1.64. The fourth-order valence-electron chi connectivity index (χ4n) is 6.25. The van der Waals surface area contributed by atoms with Crippen molar-refractivity contribution in [2.75, 3.05) is 6.61 Å². The Labute approximate surface area is 304 Å². The van der Waals surface area contributed by atoms with Crippen molar-refractivity contribution in [1.82, 2.24) is 34.8 Å². The van der Waals surface area contributed by atoms with Crippen LogP contribution in [0.4, 0.5) is 31.1 Å². The van der Waals surface area contributed by atoms with E-state index in [4.69, 9.17) is 22.1 Å². The van der Waals surface area contributed by atoms with Crippen LogP contribution >= 0.6 is 11.6 Å². The number of carbonyl (C=O) groups excluding carboxylic acids is 2. The number of ether oxygens (including phenoxy) is 1. The molecule has 19 heteroatoms. The van der Waals surface area contributed by atoms with Gasteiger partial charge < -0.3 is 15.8 Å². The quantitative estimate of drug-likeness (QED) is 0.153. The summed E-state index contributed by atoms with van der Waals surface area (Å²) >= 11 is 6.50. The number of alkyl halides is 6. The first-order chi connectivity index (χ1) is 24.8. The number of alkyl carbamates (subject to hydrolysis) is 1. The minimum absolute atomic E-state index is 0.174. The number of carbonyl (C=O) groups is 2. The van der Waals surface area contributed by atoms with Crippen molar-refractivity contribution in [2.45, 2.75) is 69.6 Å². The highest BCUT2D eigenvalue weighted by Gasteiger charge is 2.71. The fraction of sp³-hybridized carbons (Fsp3) is 0.412. The zero-order valence-electron chi connectivity index (χ0n) is 28.7. The van der Waals surface area contributed by atoms with Crippen LogP contribution in [-0.2, 0) is 22.1 Å². The van der Waals surface area contributed by atoms with Crippen LogP contribution in [-0.4, -0.2) is 71.9 Å². The Bertz CT molecular complexity index is 2070. The number of guanidine groups is 1. The van der Waals surface area contributed by atoms with Gasteiger partial charge in [-0.25, -0.2) is 37.0 Å². The average Bonchev–Trinajstić information content (AvgIpc) is 3.58. The zero-order valence-corrected chi connectivity index (χ0v) is 29.5. The molecule has 1 aliphatic heterocycles. The Kier molecular flexibility index (Phi) is 9.49. The summed E-state index contributed by atoms with van der Waals surface area (Å²) < 4.78 is 90.4. The maximum absolute atomic E-state index is 14.9. The number of aliphatic imine (C=N–C) groups is 1. The second-order valence-electron chi connectivity index (χ2n) is 13.9. The lowest BCUT2D eigenvalue weighted by Crippen LogP contribution is -2.50. The molecule has 2 aliphatic rings. The molecular formula is C34H34ClF6N9O3. The van der Waals surface area contributed by atoms with E-state index in [-0.39, 0.29) is 22.0 Å². The highest BCUT2D eigenvalue weighted by atomic mass is 35.5. The maximum Gasteiger partial charge on any atom is 0.407 e. The molecule has 0 unspecified atom stereocenters. The minimum atomic E-state index is -3.12. The molecule has 2 aromatic heterocycles. The van der Waals surface area contributed by atoms with E-state index in [0.29, 0.717) is 21.4 Å².